The summed E-state index contributed by atoms with van der Waals surface area (Å²) < 4.78 is 10.6. The van der Waals surface area contributed by atoms with Crippen LogP contribution in [0.25, 0.3) is 5.57 Å². The molecule has 2 atom stereocenters. The van der Waals surface area contributed by atoms with Crippen LogP contribution in [0.3, 0.4) is 0 Å². The molecule has 1 aromatic heterocycles. The minimum absolute atomic E-state index is 0.224. The molecule has 124 valence electrons. The number of hydrogen-bond acceptors (Lipinski definition) is 4. The maximum atomic E-state index is 12.7. The van der Waals surface area contributed by atoms with E-state index in [2.05, 4.69) is 0 Å². The number of allylic oxidation sites excluding steroid dienone is 2. The summed E-state index contributed by atoms with van der Waals surface area (Å²) in [5.41, 5.74) is 2.88. The van der Waals surface area contributed by atoms with Crippen molar-refractivity contribution in [3.8, 4) is 0 Å². The number of furan rings is 1. The van der Waals surface area contributed by atoms with Gasteiger partial charge in [-0.2, -0.15) is 0 Å². The smallest absolute Gasteiger partial charge is 0.317 e. The third-order valence-electron chi connectivity index (χ3n) is 4.31. The van der Waals surface area contributed by atoms with Gasteiger partial charge in [0.2, 0.25) is 0 Å². The van der Waals surface area contributed by atoms with Crippen molar-refractivity contribution >= 4 is 17.3 Å². The molecule has 0 amide bonds. The Labute approximate surface area is 141 Å². The molecule has 0 saturated carbocycles. The van der Waals surface area contributed by atoms with Crippen molar-refractivity contribution < 1.29 is 18.7 Å². The van der Waals surface area contributed by atoms with E-state index < -0.39 is 11.9 Å². The third-order valence-corrected chi connectivity index (χ3v) is 4.31. The summed E-state index contributed by atoms with van der Waals surface area (Å²) in [6, 6.07) is 11.5. The highest BCUT2D eigenvalue weighted by Gasteiger charge is 2.40. The van der Waals surface area contributed by atoms with Gasteiger partial charge in [0.05, 0.1) is 12.9 Å². The standard InChI is InChI=1S/C20H20O4/c1-3-23-20(22)19-16(14-7-4-6-13(2)10-14)11-15(12-17(19)21)18-8-5-9-24-18/h4-10,12,16,19H,3,11H2,1-2H3/t16-,19+/m0/s1. The van der Waals surface area contributed by atoms with E-state index in [1.165, 1.54) is 6.08 Å². The predicted octanol–water partition coefficient (Wildman–Crippen LogP) is 3.91. The molecule has 24 heavy (non-hydrogen) atoms. The Balaban J connectivity index is 2.02. The van der Waals surface area contributed by atoms with Crippen LogP contribution in [-0.2, 0) is 14.3 Å². The number of carbonyl (C=O) groups is 2. The van der Waals surface area contributed by atoms with Gasteiger partial charge < -0.3 is 9.15 Å². The average Bonchev–Trinajstić information content (AvgIpc) is 3.08. The van der Waals surface area contributed by atoms with Gasteiger partial charge in [-0.25, -0.2) is 0 Å². The highest BCUT2D eigenvalue weighted by molar-refractivity contribution is 6.10. The Morgan fingerprint density at radius 2 is 2.12 bits per heavy atom. The number of aryl methyl sites for hydroxylation is 1. The first kappa shape index (κ1) is 16.2. The van der Waals surface area contributed by atoms with Crippen molar-refractivity contribution in [2.75, 3.05) is 6.61 Å². The maximum absolute atomic E-state index is 12.7. The lowest BCUT2D eigenvalue weighted by atomic mass is 9.74. The summed E-state index contributed by atoms with van der Waals surface area (Å²) in [7, 11) is 0. The minimum atomic E-state index is -0.800. The second kappa shape index (κ2) is 6.87. The summed E-state index contributed by atoms with van der Waals surface area (Å²) in [5.74, 6) is -1.06. The van der Waals surface area contributed by atoms with Crippen molar-refractivity contribution in [1.29, 1.82) is 0 Å². The highest BCUT2D eigenvalue weighted by Crippen LogP contribution is 2.40. The fraction of sp³-hybridized carbons (Fsp3) is 0.300. The fourth-order valence-electron chi connectivity index (χ4n) is 3.23. The van der Waals surface area contributed by atoms with Crippen LogP contribution >= 0.6 is 0 Å². The molecule has 1 heterocycles. The lowest BCUT2D eigenvalue weighted by Gasteiger charge is -2.29. The van der Waals surface area contributed by atoms with Gasteiger partial charge in [-0.1, -0.05) is 29.8 Å². The Morgan fingerprint density at radius 1 is 1.29 bits per heavy atom. The van der Waals surface area contributed by atoms with Gasteiger partial charge in [0, 0.05) is 5.92 Å². The van der Waals surface area contributed by atoms with Gasteiger partial charge in [-0.3, -0.25) is 9.59 Å². The zero-order valence-electron chi connectivity index (χ0n) is 13.8. The lowest BCUT2D eigenvalue weighted by Crippen LogP contribution is -2.34. The SMILES string of the molecule is CCOC(=O)[C@H]1C(=O)C=C(c2ccco2)C[C@H]1c1cccc(C)c1. The van der Waals surface area contributed by atoms with Gasteiger partial charge >= 0.3 is 5.97 Å². The monoisotopic (exact) mass is 324 g/mol. The molecule has 0 N–H and O–H groups in total. The molecule has 4 heteroatoms. The number of hydrogen-bond donors (Lipinski definition) is 0. The van der Waals surface area contributed by atoms with E-state index in [1.807, 2.05) is 37.3 Å². The minimum Gasteiger partial charge on any atom is -0.465 e. The highest BCUT2D eigenvalue weighted by atomic mass is 16.5. The normalized spacial score (nSPS) is 20.6. The van der Waals surface area contributed by atoms with Gasteiger partial charge in [0.1, 0.15) is 11.7 Å². The van der Waals surface area contributed by atoms with Crippen molar-refractivity contribution in [3.63, 3.8) is 0 Å². The zero-order valence-corrected chi connectivity index (χ0v) is 13.8. The Hall–Kier alpha value is -2.62. The quantitative estimate of drug-likeness (QED) is 0.632. The molecule has 4 nitrogen and oxygen atoms in total. The van der Waals surface area contributed by atoms with Gasteiger partial charge in [-0.05, 0) is 49.6 Å². The molecule has 3 rings (SSSR count). The van der Waals surface area contributed by atoms with E-state index in [4.69, 9.17) is 9.15 Å². The predicted molar refractivity (Wildman–Crippen MR) is 90.4 cm³/mol. The number of benzene rings is 1. The number of ketones is 1. The molecule has 0 aliphatic heterocycles. The van der Waals surface area contributed by atoms with Gasteiger partial charge in [0.25, 0.3) is 0 Å². The summed E-state index contributed by atoms with van der Waals surface area (Å²) in [6.45, 7) is 4.01. The van der Waals surface area contributed by atoms with E-state index in [0.717, 1.165) is 16.7 Å². The topological polar surface area (TPSA) is 56.5 Å². The second-order valence-corrected chi connectivity index (χ2v) is 6.00. The molecule has 0 unspecified atom stereocenters. The van der Waals surface area contributed by atoms with Crippen LogP contribution in [0.15, 0.2) is 53.2 Å². The fourth-order valence-corrected chi connectivity index (χ4v) is 3.23. The van der Waals surface area contributed by atoms with Crippen LogP contribution in [0, 0.1) is 12.8 Å². The van der Waals surface area contributed by atoms with E-state index in [1.54, 1.807) is 19.3 Å². The van der Waals surface area contributed by atoms with E-state index in [9.17, 15) is 9.59 Å². The number of esters is 1. The first-order chi connectivity index (χ1) is 11.6. The molecule has 0 bridgehead atoms. The van der Waals surface area contributed by atoms with Crippen LogP contribution in [0.1, 0.15) is 36.1 Å². The van der Waals surface area contributed by atoms with Crippen molar-refractivity contribution in [1.82, 2.24) is 0 Å². The van der Waals surface area contributed by atoms with Gasteiger partial charge in [0.15, 0.2) is 5.78 Å². The first-order valence-electron chi connectivity index (χ1n) is 8.11. The van der Waals surface area contributed by atoms with Crippen molar-refractivity contribution in [3.05, 3.63) is 65.6 Å². The summed E-state index contributed by atoms with van der Waals surface area (Å²) >= 11 is 0. The first-order valence-corrected chi connectivity index (χ1v) is 8.11. The lowest BCUT2D eigenvalue weighted by molar-refractivity contribution is -0.151. The van der Waals surface area contributed by atoms with E-state index in [0.29, 0.717) is 12.2 Å². The molecule has 2 aromatic rings. The molecule has 0 spiro atoms. The van der Waals surface area contributed by atoms with Crippen molar-refractivity contribution in [2.45, 2.75) is 26.2 Å². The van der Waals surface area contributed by atoms with Crippen molar-refractivity contribution in [2.24, 2.45) is 5.92 Å². The average molecular weight is 324 g/mol. The summed E-state index contributed by atoms with van der Waals surface area (Å²) in [6.07, 6.45) is 3.67. The Kier molecular flexibility index (Phi) is 4.65. The Bertz CT molecular complexity index is 771. The van der Waals surface area contributed by atoms with E-state index >= 15 is 0 Å². The van der Waals surface area contributed by atoms with Crippen LogP contribution in [0.2, 0.25) is 0 Å². The number of rotatable bonds is 4. The molecule has 1 aliphatic rings. The number of carbonyl (C=O) groups excluding carboxylic acids is 2. The molecule has 1 aliphatic carbocycles. The summed E-state index contributed by atoms with van der Waals surface area (Å²) in [5, 5.41) is 0. The Morgan fingerprint density at radius 3 is 2.79 bits per heavy atom. The molecular formula is C20H20O4. The summed E-state index contributed by atoms with van der Waals surface area (Å²) in [4.78, 5) is 25.0. The molecule has 0 fully saturated rings. The van der Waals surface area contributed by atoms with Crippen LogP contribution in [0.4, 0.5) is 0 Å². The third kappa shape index (κ3) is 3.18. The number of ether oxygens (including phenoxy) is 1. The molecular weight excluding hydrogens is 304 g/mol. The second-order valence-electron chi connectivity index (χ2n) is 6.00. The van der Waals surface area contributed by atoms with Crippen LogP contribution in [0.5, 0.6) is 0 Å². The van der Waals surface area contributed by atoms with Gasteiger partial charge in [-0.15, -0.1) is 0 Å². The molecule has 0 radical (unpaired) electrons. The van der Waals surface area contributed by atoms with Crippen LogP contribution in [-0.4, -0.2) is 18.4 Å². The molecule has 1 aromatic carbocycles. The largest absolute Gasteiger partial charge is 0.465 e. The van der Waals surface area contributed by atoms with Crippen LogP contribution < -0.4 is 0 Å². The maximum Gasteiger partial charge on any atom is 0.317 e. The molecule has 0 saturated heterocycles. The van der Waals surface area contributed by atoms with E-state index in [-0.39, 0.29) is 18.3 Å². The zero-order chi connectivity index (χ0) is 17.1.